The number of hydrogen-bond donors (Lipinski definition) is 1. The van der Waals surface area contributed by atoms with Crippen LogP contribution in [-0.2, 0) is 14.3 Å². The van der Waals surface area contributed by atoms with Crippen molar-refractivity contribution in [2.45, 2.75) is 6.92 Å². The van der Waals surface area contributed by atoms with Crippen molar-refractivity contribution in [1.82, 2.24) is 0 Å². The third-order valence-corrected chi connectivity index (χ3v) is 3.94. The topological polar surface area (TPSA) is 94.2 Å². The molecule has 2 rings (SSSR count). The number of carbonyl (C=O) groups is 3. The summed E-state index contributed by atoms with van der Waals surface area (Å²) in [6.45, 7) is 1.10. The van der Waals surface area contributed by atoms with Gasteiger partial charge in [-0.3, -0.25) is 9.59 Å². The number of benzene rings is 2. The van der Waals surface area contributed by atoms with Crippen LogP contribution >= 0.6 is 0 Å². The fourth-order valence-electron chi connectivity index (χ4n) is 2.54. The van der Waals surface area contributed by atoms with Crippen molar-refractivity contribution in [2.75, 3.05) is 38.1 Å². The molecule has 8 heteroatoms. The number of nitrogens with one attached hydrogen (secondary N) is 1. The van der Waals surface area contributed by atoms with Gasteiger partial charge in [0.1, 0.15) is 18.0 Å². The van der Waals surface area contributed by atoms with Crippen LogP contribution < -0.4 is 19.7 Å². The average molecular weight is 386 g/mol. The smallest absolute Gasteiger partial charge is 0.337 e. The standard InChI is InChI=1S/C20H22N2O6/c1-13(23)22(15-7-5-6-14(10-15)20(25)28-4)12-19(24)21-17-9-8-16(26-2)11-18(17)27-3/h5-11H,12H2,1-4H3,(H,21,24). The first kappa shape index (κ1) is 20.8. The highest BCUT2D eigenvalue weighted by Crippen LogP contribution is 2.29. The highest BCUT2D eigenvalue weighted by molar-refractivity contribution is 6.03. The first-order valence-corrected chi connectivity index (χ1v) is 8.38. The van der Waals surface area contributed by atoms with Crippen molar-refractivity contribution in [3.63, 3.8) is 0 Å². The van der Waals surface area contributed by atoms with Crippen molar-refractivity contribution in [1.29, 1.82) is 0 Å². The third-order valence-electron chi connectivity index (χ3n) is 3.94. The first-order valence-electron chi connectivity index (χ1n) is 8.38. The molecule has 148 valence electrons. The molecular formula is C20H22N2O6. The van der Waals surface area contributed by atoms with Gasteiger partial charge in [0.15, 0.2) is 0 Å². The third kappa shape index (κ3) is 5.00. The monoisotopic (exact) mass is 386 g/mol. The predicted octanol–water partition coefficient (Wildman–Crippen LogP) is 2.48. The maximum Gasteiger partial charge on any atom is 0.337 e. The molecule has 1 N–H and O–H groups in total. The second kappa shape index (κ2) is 9.40. The molecule has 2 amide bonds. The molecule has 0 spiro atoms. The molecule has 2 aromatic rings. The Bertz CT molecular complexity index is 881. The van der Waals surface area contributed by atoms with E-state index in [-0.39, 0.29) is 18.0 Å². The lowest BCUT2D eigenvalue weighted by atomic mass is 10.2. The molecule has 0 saturated carbocycles. The number of amides is 2. The summed E-state index contributed by atoms with van der Waals surface area (Å²) < 4.78 is 15.1. The van der Waals surface area contributed by atoms with Crippen molar-refractivity contribution < 1.29 is 28.6 Å². The maximum atomic E-state index is 12.5. The van der Waals surface area contributed by atoms with Gasteiger partial charge in [-0.1, -0.05) is 6.07 Å². The van der Waals surface area contributed by atoms with Crippen LogP contribution in [0.2, 0.25) is 0 Å². The summed E-state index contributed by atoms with van der Waals surface area (Å²) in [6.07, 6.45) is 0. The molecule has 0 heterocycles. The minimum absolute atomic E-state index is 0.241. The second-order valence-corrected chi connectivity index (χ2v) is 5.76. The Morgan fingerprint density at radius 1 is 1.00 bits per heavy atom. The summed E-state index contributed by atoms with van der Waals surface area (Å²) in [4.78, 5) is 37.6. The largest absolute Gasteiger partial charge is 0.497 e. The number of ether oxygens (including phenoxy) is 3. The lowest BCUT2D eigenvalue weighted by molar-refractivity contribution is -0.120. The van der Waals surface area contributed by atoms with Crippen LogP contribution in [0.3, 0.4) is 0 Å². The van der Waals surface area contributed by atoms with Gasteiger partial charge in [-0.2, -0.15) is 0 Å². The van der Waals surface area contributed by atoms with Crippen LogP contribution in [0.25, 0.3) is 0 Å². The molecule has 0 aliphatic carbocycles. The summed E-state index contributed by atoms with van der Waals surface area (Å²) in [6, 6.07) is 11.3. The Kier molecular flexibility index (Phi) is 6.97. The molecule has 0 radical (unpaired) electrons. The lowest BCUT2D eigenvalue weighted by Crippen LogP contribution is -2.36. The molecule has 0 unspecified atom stereocenters. The van der Waals surface area contributed by atoms with E-state index in [1.165, 1.54) is 39.2 Å². The van der Waals surface area contributed by atoms with E-state index in [0.29, 0.717) is 22.9 Å². The Hall–Kier alpha value is -3.55. The number of rotatable bonds is 7. The van der Waals surface area contributed by atoms with Crippen LogP contribution in [-0.4, -0.2) is 45.7 Å². The van der Waals surface area contributed by atoms with Gasteiger partial charge in [0.2, 0.25) is 11.8 Å². The zero-order valence-electron chi connectivity index (χ0n) is 16.1. The fourth-order valence-corrected chi connectivity index (χ4v) is 2.54. The highest BCUT2D eigenvalue weighted by atomic mass is 16.5. The van der Waals surface area contributed by atoms with Gasteiger partial charge in [-0.25, -0.2) is 4.79 Å². The van der Waals surface area contributed by atoms with Crippen LogP contribution in [0.15, 0.2) is 42.5 Å². The maximum absolute atomic E-state index is 12.5. The number of methoxy groups -OCH3 is 3. The summed E-state index contributed by atoms with van der Waals surface area (Å²) in [5, 5.41) is 2.71. The van der Waals surface area contributed by atoms with E-state index in [4.69, 9.17) is 14.2 Å². The Balaban J connectivity index is 2.20. The van der Waals surface area contributed by atoms with Crippen LogP contribution in [0.4, 0.5) is 11.4 Å². The molecule has 0 aromatic heterocycles. The summed E-state index contributed by atoms with van der Waals surface area (Å²) in [7, 11) is 4.28. The molecule has 0 aliphatic rings. The van der Waals surface area contributed by atoms with Gasteiger partial charge >= 0.3 is 5.97 Å². The summed E-state index contributed by atoms with van der Waals surface area (Å²) in [5.41, 5.74) is 1.14. The van der Waals surface area contributed by atoms with Crippen molar-refractivity contribution in [3.8, 4) is 11.5 Å². The van der Waals surface area contributed by atoms with Crippen molar-refractivity contribution >= 4 is 29.2 Å². The summed E-state index contributed by atoms with van der Waals surface area (Å²) >= 11 is 0. The van der Waals surface area contributed by atoms with E-state index in [2.05, 4.69) is 5.32 Å². The predicted molar refractivity (Wildman–Crippen MR) is 104 cm³/mol. The first-order chi connectivity index (χ1) is 13.4. The Labute approximate surface area is 163 Å². The van der Waals surface area contributed by atoms with Gasteiger partial charge in [0.05, 0.1) is 32.6 Å². The summed E-state index contributed by atoms with van der Waals surface area (Å²) in [5.74, 6) is -0.298. The van der Waals surface area contributed by atoms with E-state index < -0.39 is 11.9 Å². The minimum atomic E-state index is -0.530. The molecule has 8 nitrogen and oxygen atoms in total. The molecule has 0 saturated heterocycles. The molecule has 2 aromatic carbocycles. The van der Waals surface area contributed by atoms with Gasteiger partial charge in [-0.05, 0) is 30.3 Å². The normalized spacial score (nSPS) is 10.0. The lowest BCUT2D eigenvalue weighted by Gasteiger charge is -2.21. The van der Waals surface area contributed by atoms with Gasteiger partial charge in [-0.15, -0.1) is 0 Å². The zero-order valence-corrected chi connectivity index (χ0v) is 16.1. The van der Waals surface area contributed by atoms with Crippen molar-refractivity contribution in [3.05, 3.63) is 48.0 Å². The van der Waals surface area contributed by atoms with E-state index in [1.54, 1.807) is 36.4 Å². The zero-order chi connectivity index (χ0) is 20.7. The minimum Gasteiger partial charge on any atom is -0.497 e. The Morgan fingerprint density at radius 2 is 1.75 bits per heavy atom. The van der Waals surface area contributed by atoms with Gasteiger partial charge < -0.3 is 24.4 Å². The molecule has 0 bridgehead atoms. The van der Waals surface area contributed by atoms with Crippen LogP contribution in [0, 0.1) is 0 Å². The van der Waals surface area contributed by atoms with E-state index in [0.717, 1.165) is 0 Å². The number of carbonyl (C=O) groups excluding carboxylic acids is 3. The SMILES string of the molecule is COC(=O)c1cccc(N(CC(=O)Nc2ccc(OC)cc2OC)C(C)=O)c1. The average Bonchev–Trinajstić information content (AvgIpc) is 2.71. The molecular weight excluding hydrogens is 364 g/mol. The Morgan fingerprint density at radius 3 is 2.36 bits per heavy atom. The molecule has 0 fully saturated rings. The number of nitrogens with zero attached hydrogens (tertiary/aromatic N) is 1. The van der Waals surface area contributed by atoms with Crippen molar-refractivity contribution in [2.24, 2.45) is 0 Å². The molecule has 28 heavy (non-hydrogen) atoms. The molecule has 0 atom stereocenters. The molecule has 0 aliphatic heterocycles. The second-order valence-electron chi connectivity index (χ2n) is 5.76. The van der Waals surface area contributed by atoms with E-state index >= 15 is 0 Å². The van der Waals surface area contributed by atoms with Gasteiger partial charge in [0.25, 0.3) is 0 Å². The highest BCUT2D eigenvalue weighted by Gasteiger charge is 2.18. The fraction of sp³-hybridized carbons (Fsp3) is 0.250. The van der Waals surface area contributed by atoms with Gasteiger partial charge in [0, 0.05) is 18.7 Å². The van der Waals surface area contributed by atoms with E-state index in [1.807, 2.05) is 0 Å². The number of anilines is 2. The van der Waals surface area contributed by atoms with Crippen LogP contribution in [0.1, 0.15) is 17.3 Å². The quantitative estimate of drug-likeness (QED) is 0.735. The number of esters is 1. The van der Waals surface area contributed by atoms with Crippen LogP contribution in [0.5, 0.6) is 11.5 Å². The number of hydrogen-bond acceptors (Lipinski definition) is 6. The van der Waals surface area contributed by atoms with E-state index in [9.17, 15) is 14.4 Å².